The molecule has 0 bridgehead atoms. The van der Waals surface area contributed by atoms with E-state index < -0.39 is 0 Å². The highest BCUT2D eigenvalue weighted by Gasteiger charge is 2.16. The van der Waals surface area contributed by atoms with E-state index in [1.807, 2.05) is 26.2 Å². The maximum atomic E-state index is 11.8. The number of aryl methyl sites for hydroxylation is 2. The second kappa shape index (κ2) is 7.33. The molecule has 20 heavy (non-hydrogen) atoms. The number of carbonyl (C=O) groups is 1. The SMILES string of the molecule is C[C@@H](CCc1cccn1C)NC(=O)NC[C@H]1CCOC1. The lowest BCUT2D eigenvalue weighted by molar-refractivity contribution is 0.185. The molecule has 2 N–H and O–H groups in total. The van der Waals surface area contributed by atoms with Gasteiger partial charge in [-0.1, -0.05) is 0 Å². The molecule has 2 atom stereocenters. The summed E-state index contributed by atoms with van der Waals surface area (Å²) in [5.41, 5.74) is 1.29. The molecule has 0 spiro atoms. The Morgan fingerprint density at radius 1 is 1.60 bits per heavy atom. The molecule has 1 saturated heterocycles. The number of urea groups is 1. The van der Waals surface area contributed by atoms with Crippen LogP contribution in [0.4, 0.5) is 4.79 Å². The van der Waals surface area contributed by atoms with E-state index in [1.165, 1.54) is 5.69 Å². The molecule has 1 aliphatic rings. The highest BCUT2D eigenvalue weighted by atomic mass is 16.5. The molecule has 1 aromatic rings. The molecule has 1 aromatic heterocycles. The third-order valence-corrected chi connectivity index (χ3v) is 3.84. The molecule has 0 aliphatic carbocycles. The van der Waals surface area contributed by atoms with E-state index in [9.17, 15) is 4.79 Å². The highest BCUT2D eigenvalue weighted by Crippen LogP contribution is 2.10. The molecule has 1 aliphatic heterocycles. The first-order chi connectivity index (χ1) is 9.65. The predicted molar refractivity (Wildman–Crippen MR) is 78.7 cm³/mol. The Morgan fingerprint density at radius 3 is 3.10 bits per heavy atom. The Morgan fingerprint density at radius 2 is 2.45 bits per heavy atom. The van der Waals surface area contributed by atoms with Gasteiger partial charge >= 0.3 is 6.03 Å². The van der Waals surface area contributed by atoms with Crippen molar-refractivity contribution in [2.45, 2.75) is 32.2 Å². The Labute approximate surface area is 120 Å². The molecule has 0 unspecified atom stereocenters. The average Bonchev–Trinajstić information content (AvgIpc) is 3.05. The number of ether oxygens (including phenoxy) is 1. The zero-order chi connectivity index (χ0) is 14.4. The molecular formula is C15H25N3O2. The van der Waals surface area contributed by atoms with E-state index in [-0.39, 0.29) is 12.1 Å². The van der Waals surface area contributed by atoms with Crippen LogP contribution >= 0.6 is 0 Å². The molecule has 2 heterocycles. The van der Waals surface area contributed by atoms with Crippen LogP contribution < -0.4 is 10.6 Å². The van der Waals surface area contributed by atoms with Gasteiger partial charge in [0, 0.05) is 44.0 Å². The number of carbonyl (C=O) groups excluding carboxylic acids is 1. The Kier molecular flexibility index (Phi) is 5.47. The van der Waals surface area contributed by atoms with Crippen molar-refractivity contribution in [2.75, 3.05) is 19.8 Å². The van der Waals surface area contributed by atoms with Crippen LogP contribution in [0.15, 0.2) is 18.3 Å². The number of aromatic nitrogens is 1. The minimum Gasteiger partial charge on any atom is -0.381 e. The zero-order valence-corrected chi connectivity index (χ0v) is 12.4. The number of rotatable bonds is 6. The molecule has 112 valence electrons. The Bertz CT molecular complexity index is 425. The Hall–Kier alpha value is -1.49. The van der Waals surface area contributed by atoms with Gasteiger partial charge in [0.05, 0.1) is 6.61 Å². The molecule has 0 saturated carbocycles. The molecule has 5 heteroatoms. The minimum absolute atomic E-state index is 0.0729. The number of hydrogen-bond donors (Lipinski definition) is 2. The fourth-order valence-electron chi connectivity index (χ4n) is 2.45. The van der Waals surface area contributed by atoms with Crippen molar-refractivity contribution in [1.82, 2.24) is 15.2 Å². The van der Waals surface area contributed by atoms with Crippen LogP contribution in [0.25, 0.3) is 0 Å². The van der Waals surface area contributed by atoms with Crippen molar-refractivity contribution in [3.63, 3.8) is 0 Å². The number of amides is 2. The van der Waals surface area contributed by atoms with E-state index in [2.05, 4.69) is 21.3 Å². The van der Waals surface area contributed by atoms with Crippen LogP contribution in [-0.4, -0.2) is 36.4 Å². The summed E-state index contributed by atoms with van der Waals surface area (Å²) in [5.74, 6) is 0.472. The van der Waals surface area contributed by atoms with Crippen molar-refractivity contribution in [3.8, 4) is 0 Å². The summed E-state index contributed by atoms with van der Waals surface area (Å²) < 4.78 is 7.41. The molecule has 1 fully saturated rings. The van der Waals surface area contributed by atoms with Crippen LogP contribution in [0.5, 0.6) is 0 Å². The van der Waals surface area contributed by atoms with E-state index in [0.717, 1.165) is 32.5 Å². The number of nitrogens with one attached hydrogen (secondary N) is 2. The number of nitrogens with zero attached hydrogens (tertiary/aromatic N) is 1. The lowest BCUT2D eigenvalue weighted by Crippen LogP contribution is -2.42. The van der Waals surface area contributed by atoms with Crippen LogP contribution in [-0.2, 0) is 18.2 Å². The first-order valence-electron chi connectivity index (χ1n) is 7.37. The van der Waals surface area contributed by atoms with Crippen LogP contribution in [0.2, 0.25) is 0 Å². The maximum absolute atomic E-state index is 11.8. The van der Waals surface area contributed by atoms with E-state index >= 15 is 0 Å². The molecule has 0 aromatic carbocycles. The van der Waals surface area contributed by atoms with Gasteiger partial charge in [-0.25, -0.2) is 4.79 Å². The van der Waals surface area contributed by atoms with Gasteiger partial charge in [0.15, 0.2) is 0 Å². The summed E-state index contributed by atoms with van der Waals surface area (Å²) in [6.45, 7) is 4.34. The molecule has 0 radical (unpaired) electrons. The van der Waals surface area contributed by atoms with E-state index in [1.54, 1.807) is 0 Å². The third-order valence-electron chi connectivity index (χ3n) is 3.84. The smallest absolute Gasteiger partial charge is 0.315 e. The van der Waals surface area contributed by atoms with Crippen molar-refractivity contribution in [1.29, 1.82) is 0 Å². The number of hydrogen-bond acceptors (Lipinski definition) is 2. The Balaban J connectivity index is 1.62. The molecule has 2 amide bonds. The van der Waals surface area contributed by atoms with Gasteiger partial charge in [-0.2, -0.15) is 0 Å². The van der Waals surface area contributed by atoms with Crippen molar-refractivity contribution >= 4 is 6.03 Å². The lowest BCUT2D eigenvalue weighted by Gasteiger charge is -2.16. The largest absolute Gasteiger partial charge is 0.381 e. The molecular weight excluding hydrogens is 254 g/mol. The second-order valence-electron chi connectivity index (χ2n) is 5.63. The first-order valence-corrected chi connectivity index (χ1v) is 7.37. The normalized spacial score (nSPS) is 19.8. The summed E-state index contributed by atoms with van der Waals surface area (Å²) in [5, 5.41) is 5.91. The van der Waals surface area contributed by atoms with Crippen molar-refractivity contribution in [3.05, 3.63) is 24.0 Å². The fourth-order valence-corrected chi connectivity index (χ4v) is 2.45. The first kappa shape index (κ1) is 14.9. The molecule has 2 rings (SSSR count). The van der Waals surface area contributed by atoms with Crippen LogP contribution in [0, 0.1) is 5.92 Å². The van der Waals surface area contributed by atoms with Crippen molar-refractivity contribution < 1.29 is 9.53 Å². The van der Waals surface area contributed by atoms with Crippen molar-refractivity contribution in [2.24, 2.45) is 13.0 Å². The minimum atomic E-state index is -0.0729. The maximum Gasteiger partial charge on any atom is 0.315 e. The predicted octanol–water partition coefficient (Wildman–Crippen LogP) is 1.68. The standard InChI is InChI=1S/C15H25N3O2/c1-12(5-6-14-4-3-8-18(14)2)17-15(19)16-10-13-7-9-20-11-13/h3-4,8,12-13H,5-7,9-11H2,1-2H3,(H2,16,17,19)/t12-,13+/m0/s1. The van der Waals surface area contributed by atoms with Gasteiger partial charge in [0.2, 0.25) is 0 Å². The summed E-state index contributed by atoms with van der Waals surface area (Å²) in [6.07, 6.45) is 5.01. The van der Waals surface area contributed by atoms with Gasteiger partial charge in [-0.05, 0) is 38.3 Å². The quantitative estimate of drug-likeness (QED) is 0.832. The van der Waals surface area contributed by atoms with Gasteiger partial charge in [0.25, 0.3) is 0 Å². The summed E-state index contributed by atoms with van der Waals surface area (Å²) in [6, 6.07) is 4.26. The van der Waals surface area contributed by atoms with E-state index in [0.29, 0.717) is 12.5 Å². The fraction of sp³-hybridized carbons (Fsp3) is 0.667. The summed E-state index contributed by atoms with van der Waals surface area (Å²) >= 11 is 0. The zero-order valence-electron chi connectivity index (χ0n) is 12.4. The van der Waals surface area contributed by atoms with Gasteiger partial charge < -0.3 is 19.9 Å². The van der Waals surface area contributed by atoms with Crippen LogP contribution in [0.1, 0.15) is 25.5 Å². The van der Waals surface area contributed by atoms with Gasteiger partial charge in [0.1, 0.15) is 0 Å². The summed E-state index contributed by atoms with van der Waals surface area (Å²) in [7, 11) is 2.05. The monoisotopic (exact) mass is 279 g/mol. The highest BCUT2D eigenvalue weighted by molar-refractivity contribution is 5.74. The van der Waals surface area contributed by atoms with Gasteiger partial charge in [-0.3, -0.25) is 0 Å². The second-order valence-corrected chi connectivity index (χ2v) is 5.63. The summed E-state index contributed by atoms with van der Waals surface area (Å²) in [4.78, 5) is 11.8. The average molecular weight is 279 g/mol. The molecule has 5 nitrogen and oxygen atoms in total. The van der Waals surface area contributed by atoms with E-state index in [4.69, 9.17) is 4.74 Å². The van der Waals surface area contributed by atoms with Crippen LogP contribution in [0.3, 0.4) is 0 Å². The lowest BCUT2D eigenvalue weighted by atomic mass is 10.1. The third kappa shape index (κ3) is 4.56. The topological polar surface area (TPSA) is 55.3 Å². The van der Waals surface area contributed by atoms with Gasteiger partial charge in [-0.15, -0.1) is 0 Å².